The van der Waals surface area contributed by atoms with Gasteiger partial charge in [-0.15, -0.1) is 0 Å². The first kappa shape index (κ1) is 10.4. The van der Waals surface area contributed by atoms with E-state index >= 15 is 0 Å². The summed E-state index contributed by atoms with van der Waals surface area (Å²) in [7, 11) is 0. The molecule has 4 nitrogen and oxygen atoms in total. The standard InChI is InChI=1S/C7H15NO3/c1-5(3-4-9)8-6(2)7(10)11/h5-6,8-9H,3-4H2,1-2H3,(H,10,11). The van der Waals surface area contributed by atoms with Crippen LogP contribution in [0.3, 0.4) is 0 Å². The molecule has 0 aliphatic heterocycles. The van der Waals surface area contributed by atoms with Crippen LogP contribution in [0.1, 0.15) is 20.3 Å². The van der Waals surface area contributed by atoms with Gasteiger partial charge < -0.3 is 15.5 Å². The van der Waals surface area contributed by atoms with Crippen LogP contribution >= 0.6 is 0 Å². The number of hydrogen-bond acceptors (Lipinski definition) is 3. The van der Waals surface area contributed by atoms with Gasteiger partial charge in [0.25, 0.3) is 0 Å². The predicted octanol–water partition coefficient (Wildman–Crippen LogP) is -0.180. The van der Waals surface area contributed by atoms with Gasteiger partial charge in [0.2, 0.25) is 0 Å². The molecular weight excluding hydrogens is 146 g/mol. The summed E-state index contributed by atoms with van der Waals surface area (Å²) in [5, 5.41) is 19.8. The minimum Gasteiger partial charge on any atom is -0.480 e. The van der Waals surface area contributed by atoms with Gasteiger partial charge >= 0.3 is 5.97 Å². The fraction of sp³-hybridized carbons (Fsp3) is 0.857. The third-order valence-electron chi connectivity index (χ3n) is 1.47. The highest BCUT2D eigenvalue weighted by Gasteiger charge is 2.12. The number of nitrogens with one attached hydrogen (secondary N) is 1. The van der Waals surface area contributed by atoms with E-state index in [4.69, 9.17) is 10.2 Å². The third kappa shape index (κ3) is 4.75. The summed E-state index contributed by atoms with van der Waals surface area (Å²) in [6.07, 6.45) is 0.581. The Hall–Kier alpha value is -0.610. The van der Waals surface area contributed by atoms with E-state index in [0.717, 1.165) is 0 Å². The number of carbonyl (C=O) groups is 1. The summed E-state index contributed by atoms with van der Waals surface area (Å²) in [5.41, 5.74) is 0. The maximum atomic E-state index is 10.3. The van der Waals surface area contributed by atoms with Gasteiger partial charge in [0.15, 0.2) is 0 Å². The Morgan fingerprint density at radius 2 is 2.09 bits per heavy atom. The monoisotopic (exact) mass is 161 g/mol. The number of aliphatic hydroxyl groups is 1. The van der Waals surface area contributed by atoms with Crippen molar-refractivity contribution in [2.45, 2.75) is 32.4 Å². The summed E-state index contributed by atoms with van der Waals surface area (Å²) in [6.45, 7) is 3.51. The van der Waals surface area contributed by atoms with Crippen molar-refractivity contribution in [1.82, 2.24) is 5.32 Å². The molecule has 2 unspecified atom stereocenters. The molecule has 0 aromatic rings. The lowest BCUT2D eigenvalue weighted by Gasteiger charge is -2.15. The van der Waals surface area contributed by atoms with Crippen LogP contribution in [-0.2, 0) is 4.79 Å². The Balaban J connectivity index is 3.56. The summed E-state index contributed by atoms with van der Waals surface area (Å²) >= 11 is 0. The second-order valence-corrected chi connectivity index (χ2v) is 2.64. The molecule has 0 rings (SSSR count). The Bertz CT molecular complexity index is 127. The molecule has 3 N–H and O–H groups in total. The molecule has 0 aromatic carbocycles. The summed E-state index contributed by atoms with van der Waals surface area (Å²) in [4.78, 5) is 10.3. The van der Waals surface area contributed by atoms with Gasteiger partial charge in [0.1, 0.15) is 6.04 Å². The molecule has 66 valence electrons. The van der Waals surface area contributed by atoms with E-state index in [1.165, 1.54) is 0 Å². The zero-order valence-electron chi connectivity index (χ0n) is 6.87. The third-order valence-corrected chi connectivity index (χ3v) is 1.47. The van der Waals surface area contributed by atoms with Crippen LogP contribution < -0.4 is 5.32 Å². The van der Waals surface area contributed by atoms with Gasteiger partial charge in [-0.3, -0.25) is 4.79 Å². The van der Waals surface area contributed by atoms with Crippen molar-refractivity contribution < 1.29 is 15.0 Å². The SMILES string of the molecule is CC(CCO)NC(C)C(=O)O. The van der Waals surface area contributed by atoms with Gasteiger partial charge in [-0.25, -0.2) is 0 Å². The van der Waals surface area contributed by atoms with E-state index in [0.29, 0.717) is 6.42 Å². The molecule has 0 saturated heterocycles. The Labute approximate surface area is 66.2 Å². The summed E-state index contributed by atoms with van der Waals surface area (Å²) < 4.78 is 0. The molecule has 4 heteroatoms. The lowest BCUT2D eigenvalue weighted by atomic mass is 10.2. The van der Waals surface area contributed by atoms with Crippen LogP contribution in [-0.4, -0.2) is 34.9 Å². The Morgan fingerprint density at radius 3 is 2.45 bits per heavy atom. The van der Waals surface area contributed by atoms with E-state index in [9.17, 15) is 4.79 Å². The lowest BCUT2D eigenvalue weighted by molar-refractivity contribution is -0.139. The first-order valence-electron chi connectivity index (χ1n) is 3.67. The van der Waals surface area contributed by atoms with Gasteiger partial charge in [0, 0.05) is 12.6 Å². The highest BCUT2D eigenvalue weighted by molar-refractivity contribution is 5.72. The zero-order valence-corrected chi connectivity index (χ0v) is 6.87. The van der Waals surface area contributed by atoms with Crippen LogP contribution in [0.4, 0.5) is 0 Å². The molecule has 0 spiro atoms. The molecular formula is C7H15NO3. The smallest absolute Gasteiger partial charge is 0.320 e. The van der Waals surface area contributed by atoms with Crippen molar-refractivity contribution in [2.75, 3.05) is 6.61 Å². The quantitative estimate of drug-likeness (QED) is 0.523. The van der Waals surface area contributed by atoms with Crippen LogP contribution in [0.2, 0.25) is 0 Å². The maximum Gasteiger partial charge on any atom is 0.320 e. The molecule has 0 aliphatic carbocycles. The van der Waals surface area contributed by atoms with Crippen molar-refractivity contribution in [2.24, 2.45) is 0 Å². The zero-order chi connectivity index (χ0) is 8.85. The minimum absolute atomic E-state index is 0.0473. The van der Waals surface area contributed by atoms with Crippen LogP contribution in [0, 0.1) is 0 Å². The molecule has 0 amide bonds. The second-order valence-electron chi connectivity index (χ2n) is 2.64. The van der Waals surface area contributed by atoms with Gasteiger partial charge in [-0.1, -0.05) is 0 Å². The molecule has 0 fully saturated rings. The van der Waals surface area contributed by atoms with Gasteiger partial charge in [-0.05, 0) is 20.3 Å². The molecule has 0 radical (unpaired) electrons. The average molecular weight is 161 g/mol. The maximum absolute atomic E-state index is 10.3. The van der Waals surface area contributed by atoms with Crippen molar-refractivity contribution in [3.63, 3.8) is 0 Å². The fourth-order valence-corrected chi connectivity index (χ4v) is 0.775. The minimum atomic E-state index is -0.866. The average Bonchev–Trinajstić information content (AvgIpc) is 1.87. The largest absolute Gasteiger partial charge is 0.480 e. The van der Waals surface area contributed by atoms with Crippen molar-refractivity contribution >= 4 is 5.97 Å². The number of aliphatic carboxylic acids is 1. The summed E-state index contributed by atoms with van der Waals surface area (Å²) in [5.74, 6) is -0.866. The number of carboxylic acid groups (broad SMARTS) is 1. The first-order chi connectivity index (χ1) is 5.07. The Kier molecular flexibility index (Phi) is 4.81. The van der Waals surface area contributed by atoms with Crippen molar-refractivity contribution in [1.29, 1.82) is 0 Å². The van der Waals surface area contributed by atoms with Gasteiger partial charge in [0.05, 0.1) is 0 Å². The molecule has 0 heterocycles. The molecule has 0 bridgehead atoms. The predicted molar refractivity (Wildman–Crippen MR) is 41.4 cm³/mol. The molecule has 2 atom stereocenters. The van der Waals surface area contributed by atoms with Crippen molar-refractivity contribution in [3.8, 4) is 0 Å². The fourth-order valence-electron chi connectivity index (χ4n) is 0.775. The van der Waals surface area contributed by atoms with E-state index in [1.54, 1.807) is 6.92 Å². The van der Waals surface area contributed by atoms with E-state index in [1.807, 2.05) is 6.92 Å². The molecule has 11 heavy (non-hydrogen) atoms. The molecule has 0 aromatic heterocycles. The number of aliphatic hydroxyl groups excluding tert-OH is 1. The second kappa shape index (κ2) is 5.09. The first-order valence-corrected chi connectivity index (χ1v) is 3.67. The Morgan fingerprint density at radius 1 is 1.55 bits per heavy atom. The van der Waals surface area contributed by atoms with Crippen LogP contribution in [0.15, 0.2) is 0 Å². The van der Waals surface area contributed by atoms with Crippen LogP contribution in [0.25, 0.3) is 0 Å². The molecule has 0 aliphatic rings. The van der Waals surface area contributed by atoms with Gasteiger partial charge in [-0.2, -0.15) is 0 Å². The topological polar surface area (TPSA) is 69.6 Å². The number of hydrogen-bond donors (Lipinski definition) is 3. The number of carboxylic acids is 1. The van der Waals surface area contributed by atoms with E-state index in [2.05, 4.69) is 5.32 Å². The number of rotatable bonds is 5. The highest BCUT2D eigenvalue weighted by atomic mass is 16.4. The highest BCUT2D eigenvalue weighted by Crippen LogP contribution is 1.91. The van der Waals surface area contributed by atoms with Crippen molar-refractivity contribution in [3.05, 3.63) is 0 Å². The van der Waals surface area contributed by atoms with Crippen LogP contribution in [0.5, 0.6) is 0 Å². The summed E-state index contributed by atoms with van der Waals surface area (Å²) in [6, 6.07) is -0.498. The lowest BCUT2D eigenvalue weighted by Crippen LogP contribution is -2.40. The molecule has 0 saturated carbocycles. The van der Waals surface area contributed by atoms with E-state index in [-0.39, 0.29) is 12.6 Å². The van der Waals surface area contributed by atoms with E-state index < -0.39 is 12.0 Å². The normalized spacial score (nSPS) is 15.9.